The van der Waals surface area contributed by atoms with Crippen LogP contribution in [0.5, 0.6) is 0 Å². The van der Waals surface area contributed by atoms with Gasteiger partial charge in [-0.3, -0.25) is 9.78 Å². The molecule has 1 amide bonds. The largest absolute Gasteiger partial charge is 0.478 e. The molecule has 0 bridgehead atoms. The molecule has 1 saturated heterocycles. The maximum atomic E-state index is 12.2. The third kappa shape index (κ3) is 3.19. The molecule has 1 fully saturated rings. The molecule has 2 heterocycles. The number of hydrogen-bond donors (Lipinski definition) is 1. The van der Waals surface area contributed by atoms with E-state index in [0.29, 0.717) is 11.3 Å². The fourth-order valence-electron chi connectivity index (χ4n) is 2.18. The van der Waals surface area contributed by atoms with E-state index in [1.165, 1.54) is 12.3 Å². The first-order valence-corrected chi connectivity index (χ1v) is 6.26. The van der Waals surface area contributed by atoms with Crippen LogP contribution in [0.25, 0.3) is 6.08 Å². The third-order valence-electron chi connectivity index (χ3n) is 3.24. The van der Waals surface area contributed by atoms with Gasteiger partial charge in [0.2, 0.25) is 0 Å². The molecule has 1 unspecified atom stereocenters. The van der Waals surface area contributed by atoms with Crippen molar-refractivity contribution in [2.24, 2.45) is 0 Å². The van der Waals surface area contributed by atoms with Gasteiger partial charge in [-0.05, 0) is 37.5 Å². The molecule has 2 rings (SSSR count). The number of nitrogens with zero attached hydrogens (tertiary/aromatic N) is 2. The van der Waals surface area contributed by atoms with E-state index >= 15 is 0 Å². The number of carboxylic acids is 1. The van der Waals surface area contributed by atoms with Gasteiger partial charge in [0.05, 0.1) is 0 Å². The summed E-state index contributed by atoms with van der Waals surface area (Å²) in [6.45, 7) is 2.82. The average Bonchev–Trinajstić information content (AvgIpc) is 2.82. The number of aromatic nitrogens is 1. The molecular weight excluding hydrogens is 244 g/mol. The maximum Gasteiger partial charge on any atom is 0.328 e. The Morgan fingerprint density at radius 1 is 1.47 bits per heavy atom. The maximum absolute atomic E-state index is 12.2. The summed E-state index contributed by atoms with van der Waals surface area (Å²) >= 11 is 0. The SMILES string of the molecule is CC1CCCN1C(=O)c1ccc(C=CC(=O)O)cn1. The summed E-state index contributed by atoms with van der Waals surface area (Å²) in [5, 5.41) is 8.52. The van der Waals surface area contributed by atoms with Gasteiger partial charge in [0, 0.05) is 24.9 Å². The van der Waals surface area contributed by atoms with Crippen molar-refractivity contribution >= 4 is 18.0 Å². The Labute approximate surface area is 111 Å². The minimum absolute atomic E-state index is 0.0567. The van der Waals surface area contributed by atoms with Crippen LogP contribution in [-0.2, 0) is 4.79 Å². The van der Waals surface area contributed by atoms with Crippen molar-refractivity contribution in [1.29, 1.82) is 0 Å². The van der Waals surface area contributed by atoms with Crippen LogP contribution >= 0.6 is 0 Å². The van der Waals surface area contributed by atoms with Crippen molar-refractivity contribution in [3.05, 3.63) is 35.7 Å². The molecule has 1 aromatic rings. The Balaban J connectivity index is 2.09. The summed E-state index contributed by atoms with van der Waals surface area (Å²) in [6, 6.07) is 3.59. The van der Waals surface area contributed by atoms with Gasteiger partial charge in [-0.2, -0.15) is 0 Å². The van der Waals surface area contributed by atoms with Gasteiger partial charge in [-0.15, -0.1) is 0 Å². The zero-order valence-electron chi connectivity index (χ0n) is 10.7. The first-order chi connectivity index (χ1) is 9.08. The molecule has 19 heavy (non-hydrogen) atoms. The highest BCUT2D eigenvalue weighted by atomic mass is 16.4. The standard InChI is InChI=1S/C14H16N2O3/c1-10-3-2-8-16(10)14(19)12-6-4-11(9-15-12)5-7-13(17)18/h4-7,9-10H,2-3,8H2,1H3,(H,17,18). The molecule has 0 spiro atoms. The van der Waals surface area contributed by atoms with Gasteiger partial charge in [-0.25, -0.2) is 4.79 Å². The highest BCUT2D eigenvalue weighted by Gasteiger charge is 2.26. The molecule has 1 aromatic heterocycles. The summed E-state index contributed by atoms with van der Waals surface area (Å²) < 4.78 is 0. The zero-order chi connectivity index (χ0) is 13.8. The average molecular weight is 260 g/mol. The van der Waals surface area contributed by atoms with E-state index in [9.17, 15) is 9.59 Å². The molecule has 5 heteroatoms. The number of hydrogen-bond acceptors (Lipinski definition) is 3. The number of likely N-dealkylation sites (tertiary alicyclic amines) is 1. The van der Waals surface area contributed by atoms with Gasteiger partial charge in [0.1, 0.15) is 5.69 Å². The van der Waals surface area contributed by atoms with E-state index in [4.69, 9.17) is 5.11 Å². The van der Waals surface area contributed by atoms with Gasteiger partial charge < -0.3 is 10.0 Å². The normalized spacial score (nSPS) is 19.0. The second kappa shape index (κ2) is 5.65. The first kappa shape index (κ1) is 13.3. The quantitative estimate of drug-likeness (QED) is 0.841. The van der Waals surface area contributed by atoms with Gasteiger partial charge in [0.15, 0.2) is 0 Å². The number of pyridine rings is 1. The smallest absolute Gasteiger partial charge is 0.328 e. The number of carbonyl (C=O) groups excluding carboxylic acids is 1. The topological polar surface area (TPSA) is 70.5 Å². The van der Waals surface area contributed by atoms with Crippen LogP contribution in [0.4, 0.5) is 0 Å². The Morgan fingerprint density at radius 2 is 2.26 bits per heavy atom. The number of amides is 1. The van der Waals surface area contributed by atoms with Crippen LogP contribution < -0.4 is 0 Å². The van der Waals surface area contributed by atoms with Crippen molar-refractivity contribution in [3.63, 3.8) is 0 Å². The van der Waals surface area contributed by atoms with Crippen molar-refractivity contribution in [1.82, 2.24) is 9.88 Å². The van der Waals surface area contributed by atoms with Crippen molar-refractivity contribution in [3.8, 4) is 0 Å². The third-order valence-corrected chi connectivity index (χ3v) is 3.24. The summed E-state index contributed by atoms with van der Waals surface area (Å²) in [4.78, 5) is 28.5. The number of rotatable bonds is 3. The summed E-state index contributed by atoms with van der Waals surface area (Å²) in [5.74, 6) is -1.06. The van der Waals surface area contributed by atoms with Crippen LogP contribution in [0.1, 0.15) is 35.8 Å². The second-order valence-corrected chi connectivity index (χ2v) is 4.64. The van der Waals surface area contributed by atoms with E-state index in [1.54, 1.807) is 12.1 Å². The van der Waals surface area contributed by atoms with Gasteiger partial charge >= 0.3 is 5.97 Å². The van der Waals surface area contributed by atoms with Crippen molar-refractivity contribution in [2.45, 2.75) is 25.8 Å². The first-order valence-electron chi connectivity index (χ1n) is 6.26. The summed E-state index contributed by atoms with van der Waals surface area (Å²) in [6.07, 6.45) is 6.06. The fraction of sp³-hybridized carbons (Fsp3) is 0.357. The monoisotopic (exact) mass is 260 g/mol. The number of aliphatic carboxylic acids is 1. The number of carboxylic acid groups (broad SMARTS) is 1. The van der Waals surface area contributed by atoms with Crippen LogP contribution in [0, 0.1) is 0 Å². The van der Waals surface area contributed by atoms with E-state index in [2.05, 4.69) is 4.98 Å². The Hall–Kier alpha value is -2.17. The highest BCUT2D eigenvalue weighted by molar-refractivity contribution is 5.93. The molecule has 0 aromatic carbocycles. The van der Waals surface area contributed by atoms with E-state index in [-0.39, 0.29) is 11.9 Å². The summed E-state index contributed by atoms with van der Waals surface area (Å²) in [5.41, 5.74) is 1.06. The fourth-order valence-corrected chi connectivity index (χ4v) is 2.18. The van der Waals surface area contributed by atoms with E-state index < -0.39 is 5.97 Å². The molecular formula is C14H16N2O3. The predicted octanol–water partition coefficient (Wildman–Crippen LogP) is 1.80. The lowest BCUT2D eigenvalue weighted by Gasteiger charge is -2.20. The highest BCUT2D eigenvalue weighted by Crippen LogP contribution is 2.18. The molecule has 100 valence electrons. The Bertz CT molecular complexity index is 508. The lowest BCUT2D eigenvalue weighted by atomic mass is 10.2. The molecule has 0 radical (unpaired) electrons. The molecule has 0 saturated carbocycles. The molecule has 1 aliphatic rings. The minimum atomic E-state index is -1.01. The van der Waals surface area contributed by atoms with Gasteiger partial charge in [-0.1, -0.05) is 6.07 Å². The second-order valence-electron chi connectivity index (χ2n) is 4.64. The lowest BCUT2D eigenvalue weighted by molar-refractivity contribution is -0.131. The van der Waals surface area contributed by atoms with Gasteiger partial charge in [0.25, 0.3) is 5.91 Å². The lowest BCUT2D eigenvalue weighted by Crippen LogP contribution is -2.34. The molecule has 1 atom stereocenters. The molecule has 1 N–H and O–H groups in total. The van der Waals surface area contributed by atoms with Crippen LogP contribution in [0.2, 0.25) is 0 Å². The Kier molecular flexibility index (Phi) is 3.94. The van der Waals surface area contributed by atoms with E-state index in [0.717, 1.165) is 25.5 Å². The van der Waals surface area contributed by atoms with Crippen molar-refractivity contribution in [2.75, 3.05) is 6.54 Å². The predicted molar refractivity (Wildman–Crippen MR) is 70.6 cm³/mol. The van der Waals surface area contributed by atoms with Crippen molar-refractivity contribution < 1.29 is 14.7 Å². The summed E-state index contributed by atoms with van der Waals surface area (Å²) in [7, 11) is 0. The minimum Gasteiger partial charge on any atom is -0.478 e. The zero-order valence-corrected chi connectivity index (χ0v) is 10.7. The molecule has 1 aliphatic heterocycles. The Morgan fingerprint density at radius 3 is 2.79 bits per heavy atom. The van der Waals surface area contributed by atoms with Crippen LogP contribution in [0.15, 0.2) is 24.4 Å². The van der Waals surface area contributed by atoms with E-state index in [1.807, 2.05) is 11.8 Å². The molecule has 0 aliphatic carbocycles. The molecule has 5 nitrogen and oxygen atoms in total. The number of carbonyl (C=O) groups is 2. The van der Waals surface area contributed by atoms with Crippen LogP contribution in [0.3, 0.4) is 0 Å². The van der Waals surface area contributed by atoms with Crippen LogP contribution in [-0.4, -0.2) is 39.5 Å².